The van der Waals surface area contributed by atoms with Crippen LogP contribution in [0.1, 0.15) is 32.1 Å². The van der Waals surface area contributed by atoms with Gasteiger partial charge in [-0.1, -0.05) is 42.9 Å². The topological polar surface area (TPSA) is 0 Å². The molecule has 0 saturated heterocycles. The van der Waals surface area contributed by atoms with E-state index in [1.807, 2.05) is 0 Å². The van der Waals surface area contributed by atoms with Crippen molar-refractivity contribution < 1.29 is 0 Å². The molecule has 0 bridgehead atoms. The van der Waals surface area contributed by atoms with Gasteiger partial charge in [-0.15, -0.1) is 0 Å². The fraction of sp³-hybridized carbons (Fsp3) is 0.417. The van der Waals surface area contributed by atoms with Crippen LogP contribution in [0.3, 0.4) is 0 Å². The normalized spacial score (nSPS) is 28.0. The minimum absolute atomic E-state index is 1.23. The van der Waals surface area contributed by atoms with Crippen LogP contribution in [0.25, 0.3) is 0 Å². The van der Waals surface area contributed by atoms with Crippen molar-refractivity contribution in [1.82, 2.24) is 0 Å². The highest BCUT2D eigenvalue weighted by Crippen LogP contribution is 2.05. The van der Waals surface area contributed by atoms with Crippen LogP contribution in [0.15, 0.2) is 36.5 Å². The molecule has 0 spiro atoms. The zero-order chi connectivity index (χ0) is 8.49. The van der Waals surface area contributed by atoms with Crippen LogP contribution in [0.4, 0.5) is 0 Å². The molecule has 1 aliphatic carbocycles. The van der Waals surface area contributed by atoms with Crippen LogP contribution in [0.2, 0.25) is 0 Å². The lowest BCUT2D eigenvalue weighted by Gasteiger charge is -1.95. The van der Waals surface area contributed by atoms with E-state index in [0.717, 1.165) is 0 Å². The molecule has 0 aromatic carbocycles. The lowest BCUT2D eigenvalue weighted by molar-refractivity contribution is 0.696. The van der Waals surface area contributed by atoms with E-state index in [1.54, 1.807) is 0 Å². The largest absolute Gasteiger partial charge is 0.0879 e. The Balaban J connectivity index is 2.31. The lowest BCUT2D eigenvalue weighted by Crippen LogP contribution is -1.75. The fourth-order valence-electron chi connectivity index (χ4n) is 1.24. The summed E-state index contributed by atoms with van der Waals surface area (Å²) < 4.78 is 0. The lowest BCUT2D eigenvalue weighted by atomic mass is 10.1. The molecule has 0 saturated carbocycles. The molecule has 0 heterocycles. The van der Waals surface area contributed by atoms with Crippen LogP contribution >= 0.6 is 0 Å². The minimum Gasteiger partial charge on any atom is -0.0879 e. The summed E-state index contributed by atoms with van der Waals surface area (Å²) in [4.78, 5) is 0. The molecule has 1 radical (unpaired) electrons. The summed E-state index contributed by atoms with van der Waals surface area (Å²) >= 11 is 0. The predicted molar refractivity (Wildman–Crippen MR) is 54.8 cm³/mol. The van der Waals surface area contributed by atoms with Crippen LogP contribution in [0, 0.1) is 6.42 Å². The van der Waals surface area contributed by atoms with E-state index in [4.69, 9.17) is 0 Å². The van der Waals surface area contributed by atoms with Crippen LogP contribution in [-0.2, 0) is 0 Å². The third kappa shape index (κ3) is 4.95. The molecule has 0 N–H and O–H groups in total. The maximum atomic E-state index is 2.25. The molecule has 0 aromatic rings. The first kappa shape index (κ1) is 9.31. The van der Waals surface area contributed by atoms with E-state index in [1.165, 1.54) is 32.1 Å². The van der Waals surface area contributed by atoms with E-state index in [-0.39, 0.29) is 0 Å². The summed E-state index contributed by atoms with van der Waals surface area (Å²) in [6.07, 6.45) is 21.5. The smallest absolute Gasteiger partial charge is 0.00473 e. The van der Waals surface area contributed by atoms with Crippen molar-refractivity contribution in [2.24, 2.45) is 0 Å². The number of hydrogen-bond acceptors (Lipinski definition) is 0. The molecule has 0 heteroatoms. The second kappa shape index (κ2) is 6.90. The number of allylic oxidation sites excluding steroid dienone is 6. The van der Waals surface area contributed by atoms with Crippen molar-refractivity contribution in [3.63, 3.8) is 0 Å². The van der Waals surface area contributed by atoms with E-state index < -0.39 is 0 Å². The SMILES string of the molecule is [CH]1/C=C/C=C\CCCCC/C=C/1. The minimum atomic E-state index is 1.23. The van der Waals surface area contributed by atoms with Crippen molar-refractivity contribution >= 4 is 0 Å². The Morgan fingerprint density at radius 3 is 2.17 bits per heavy atom. The molecule has 0 unspecified atom stereocenters. The van der Waals surface area contributed by atoms with Gasteiger partial charge in [0.15, 0.2) is 0 Å². The summed E-state index contributed by atoms with van der Waals surface area (Å²) in [7, 11) is 0. The predicted octanol–water partition coefficient (Wildman–Crippen LogP) is 3.82. The van der Waals surface area contributed by atoms with Crippen molar-refractivity contribution in [2.75, 3.05) is 0 Å². The third-order valence-electron chi connectivity index (χ3n) is 1.96. The second-order valence-corrected chi connectivity index (χ2v) is 3.07. The fourth-order valence-corrected chi connectivity index (χ4v) is 1.24. The molecule has 0 aromatic heterocycles. The standard InChI is InChI=1S/C12H17/c1-2-4-6-8-10-12-11-9-7-5-3-1/h1-7H,8-12H2/b2-1+,6-4-,7-5+. The Bertz CT molecular complexity index is 172. The maximum absolute atomic E-state index is 2.25. The summed E-state index contributed by atoms with van der Waals surface area (Å²) in [5.41, 5.74) is 0. The molecule has 0 fully saturated rings. The van der Waals surface area contributed by atoms with Gasteiger partial charge in [0.05, 0.1) is 0 Å². The van der Waals surface area contributed by atoms with Crippen LogP contribution in [-0.4, -0.2) is 0 Å². The quantitative estimate of drug-likeness (QED) is 0.506. The first-order valence-electron chi connectivity index (χ1n) is 4.82. The Morgan fingerprint density at radius 2 is 1.33 bits per heavy atom. The van der Waals surface area contributed by atoms with Gasteiger partial charge in [0.2, 0.25) is 0 Å². The molecule has 0 amide bonds. The highest BCUT2D eigenvalue weighted by molar-refractivity contribution is 5.14. The van der Waals surface area contributed by atoms with Gasteiger partial charge in [0.25, 0.3) is 0 Å². The monoisotopic (exact) mass is 161 g/mol. The average molecular weight is 161 g/mol. The Kier molecular flexibility index (Phi) is 5.35. The van der Waals surface area contributed by atoms with Crippen LogP contribution < -0.4 is 0 Å². The molecule has 1 rings (SSSR count). The Morgan fingerprint density at radius 1 is 0.583 bits per heavy atom. The molecular weight excluding hydrogens is 144 g/mol. The first-order valence-corrected chi connectivity index (χ1v) is 4.82. The van der Waals surface area contributed by atoms with Gasteiger partial charge in [-0.05, 0) is 25.7 Å². The van der Waals surface area contributed by atoms with Crippen molar-refractivity contribution in [1.29, 1.82) is 0 Å². The third-order valence-corrected chi connectivity index (χ3v) is 1.96. The van der Waals surface area contributed by atoms with E-state index in [0.29, 0.717) is 0 Å². The highest BCUT2D eigenvalue weighted by atomic mass is 13.9. The molecule has 0 aliphatic heterocycles. The molecular formula is C12H17. The van der Waals surface area contributed by atoms with Gasteiger partial charge in [-0.3, -0.25) is 0 Å². The van der Waals surface area contributed by atoms with Gasteiger partial charge in [0, 0.05) is 6.42 Å². The van der Waals surface area contributed by atoms with Crippen LogP contribution in [0.5, 0.6) is 0 Å². The van der Waals surface area contributed by atoms with Gasteiger partial charge in [-0.2, -0.15) is 0 Å². The Hall–Kier alpha value is -0.780. The highest BCUT2D eigenvalue weighted by Gasteiger charge is 1.85. The Labute approximate surface area is 75.7 Å². The first-order chi connectivity index (χ1) is 6.00. The molecule has 0 nitrogen and oxygen atoms in total. The van der Waals surface area contributed by atoms with Gasteiger partial charge < -0.3 is 0 Å². The van der Waals surface area contributed by atoms with E-state index in [2.05, 4.69) is 42.9 Å². The molecule has 12 heavy (non-hydrogen) atoms. The summed E-state index contributed by atoms with van der Waals surface area (Å²) in [5, 5.41) is 0. The van der Waals surface area contributed by atoms with E-state index >= 15 is 0 Å². The molecule has 0 atom stereocenters. The summed E-state index contributed by atoms with van der Waals surface area (Å²) in [6, 6.07) is 0. The van der Waals surface area contributed by atoms with E-state index in [9.17, 15) is 0 Å². The van der Waals surface area contributed by atoms with Gasteiger partial charge in [-0.25, -0.2) is 0 Å². The summed E-state index contributed by atoms with van der Waals surface area (Å²) in [6.45, 7) is 0. The second-order valence-electron chi connectivity index (χ2n) is 3.07. The molecule has 65 valence electrons. The van der Waals surface area contributed by atoms with Crippen molar-refractivity contribution in [2.45, 2.75) is 32.1 Å². The maximum Gasteiger partial charge on any atom is 0.00473 e. The van der Waals surface area contributed by atoms with Crippen molar-refractivity contribution in [3.8, 4) is 0 Å². The van der Waals surface area contributed by atoms with Gasteiger partial charge in [0.1, 0.15) is 0 Å². The zero-order valence-electron chi connectivity index (χ0n) is 7.58. The van der Waals surface area contributed by atoms with Crippen molar-refractivity contribution in [3.05, 3.63) is 42.9 Å². The molecule has 1 aliphatic rings. The zero-order valence-corrected chi connectivity index (χ0v) is 7.58. The number of rotatable bonds is 0. The average Bonchev–Trinajstić information content (AvgIpc) is 2.05. The number of hydrogen-bond donors (Lipinski definition) is 0. The summed E-state index contributed by atoms with van der Waals surface area (Å²) in [5.74, 6) is 0. The van der Waals surface area contributed by atoms with Gasteiger partial charge >= 0.3 is 0 Å².